The number of benzene rings is 1. The summed E-state index contributed by atoms with van der Waals surface area (Å²) < 4.78 is 5.25. The molecule has 0 bridgehead atoms. The molecule has 0 aliphatic carbocycles. The van der Waals surface area contributed by atoms with Gasteiger partial charge in [0.2, 0.25) is 11.8 Å². The van der Waals surface area contributed by atoms with Crippen LogP contribution in [0.3, 0.4) is 0 Å². The molecule has 0 heterocycles. The molecule has 0 aliphatic heterocycles. The molecule has 1 N–H and O–H groups in total. The van der Waals surface area contributed by atoms with Gasteiger partial charge in [0.25, 0.3) is 0 Å². The number of carbonyl (C=O) groups is 2. The average Bonchev–Trinajstić information content (AvgIpc) is 2.51. The van der Waals surface area contributed by atoms with Gasteiger partial charge in [0, 0.05) is 26.2 Å². The fourth-order valence-electron chi connectivity index (χ4n) is 1.87. The molecule has 1 aromatic rings. The molecule has 0 fully saturated rings. The Morgan fingerprint density at radius 3 is 2.45 bits per heavy atom. The molecule has 1 unspecified atom stereocenters. The number of likely N-dealkylation sites (N-methyl/N-ethyl adjacent to an activating group) is 2. The third-order valence-electron chi connectivity index (χ3n) is 3.57. The fourth-order valence-corrected chi connectivity index (χ4v) is 1.87. The number of nitrogens with zero attached hydrogens (tertiary/aromatic N) is 2. The standard InChI is InChI=1S/C16H25N3O3/c1-12(19(4)11-15(20)18(2)3)16(21)17-10-13-8-6-7-9-14(13)22-5/h6-9,12H,10-11H2,1-5H3,(H,17,21). The van der Waals surface area contributed by atoms with E-state index in [1.54, 1.807) is 40.1 Å². The van der Waals surface area contributed by atoms with Gasteiger partial charge in [-0.25, -0.2) is 0 Å². The predicted octanol–water partition coefficient (Wildman–Crippen LogP) is 0.720. The molecular weight excluding hydrogens is 282 g/mol. The van der Waals surface area contributed by atoms with E-state index in [2.05, 4.69) is 5.32 Å². The smallest absolute Gasteiger partial charge is 0.237 e. The Labute approximate surface area is 132 Å². The Hall–Kier alpha value is -2.08. The van der Waals surface area contributed by atoms with Gasteiger partial charge in [-0.05, 0) is 20.0 Å². The van der Waals surface area contributed by atoms with Gasteiger partial charge in [-0.3, -0.25) is 14.5 Å². The van der Waals surface area contributed by atoms with Crippen molar-refractivity contribution >= 4 is 11.8 Å². The molecule has 6 nitrogen and oxygen atoms in total. The highest BCUT2D eigenvalue weighted by Crippen LogP contribution is 2.16. The average molecular weight is 307 g/mol. The van der Waals surface area contributed by atoms with Crippen LogP contribution in [0, 0.1) is 0 Å². The lowest BCUT2D eigenvalue weighted by molar-refractivity contribution is -0.132. The number of hydrogen-bond donors (Lipinski definition) is 1. The third-order valence-corrected chi connectivity index (χ3v) is 3.57. The molecule has 0 saturated carbocycles. The lowest BCUT2D eigenvalue weighted by Gasteiger charge is -2.24. The van der Waals surface area contributed by atoms with Gasteiger partial charge in [-0.2, -0.15) is 0 Å². The van der Waals surface area contributed by atoms with Crippen LogP contribution < -0.4 is 10.1 Å². The van der Waals surface area contributed by atoms with Gasteiger partial charge < -0.3 is 15.0 Å². The number of amides is 2. The van der Waals surface area contributed by atoms with Gasteiger partial charge in [-0.15, -0.1) is 0 Å². The molecule has 1 atom stereocenters. The van der Waals surface area contributed by atoms with Crippen molar-refractivity contribution < 1.29 is 14.3 Å². The fraction of sp³-hybridized carbons (Fsp3) is 0.500. The molecule has 2 amide bonds. The van der Waals surface area contributed by atoms with Crippen molar-refractivity contribution in [3.8, 4) is 5.75 Å². The van der Waals surface area contributed by atoms with Gasteiger partial charge in [0.15, 0.2) is 0 Å². The second kappa shape index (κ2) is 8.38. The minimum atomic E-state index is -0.390. The predicted molar refractivity (Wildman–Crippen MR) is 85.6 cm³/mol. The lowest BCUT2D eigenvalue weighted by atomic mass is 10.2. The first-order valence-electron chi connectivity index (χ1n) is 7.16. The highest BCUT2D eigenvalue weighted by Gasteiger charge is 2.20. The highest BCUT2D eigenvalue weighted by atomic mass is 16.5. The topological polar surface area (TPSA) is 61.9 Å². The Morgan fingerprint density at radius 1 is 1.23 bits per heavy atom. The zero-order chi connectivity index (χ0) is 16.7. The van der Waals surface area contributed by atoms with Crippen molar-refractivity contribution in [3.05, 3.63) is 29.8 Å². The Kier molecular flexibility index (Phi) is 6.85. The summed E-state index contributed by atoms with van der Waals surface area (Å²) in [6.07, 6.45) is 0. The van der Waals surface area contributed by atoms with E-state index < -0.39 is 6.04 Å². The first-order valence-corrected chi connectivity index (χ1v) is 7.16. The number of hydrogen-bond acceptors (Lipinski definition) is 4. The molecule has 0 saturated heterocycles. The monoisotopic (exact) mass is 307 g/mol. The molecule has 0 aromatic heterocycles. The van der Waals surface area contributed by atoms with Gasteiger partial charge in [-0.1, -0.05) is 18.2 Å². The summed E-state index contributed by atoms with van der Waals surface area (Å²) in [7, 11) is 6.75. The van der Waals surface area contributed by atoms with E-state index in [0.717, 1.165) is 11.3 Å². The van der Waals surface area contributed by atoms with Crippen LogP contribution in [0.25, 0.3) is 0 Å². The first kappa shape index (κ1) is 18.0. The van der Waals surface area contributed by atoms with E-state index in [1.165, 1.54) is 4.90 Å². The Morgan fingerprint density at radius 2 is 1.86 bits per heavy atom. The van der Waals surface area contributed by atoms with Crippen LogP contribution in [0.1, 0.15) is 12.5 Å². The van der Waals surface area contributed by atoms with Crippen LogP contribution in [0.5, 0.6) is 5.75 Å². The molecule has 1 aromatic carbocycles. The van der Waals surface area contributed by atoms with E-state index in [4.69, 9.17) is 4.74 Å². The third kappa shape index (κ3) is 5.04. The van der Waals surface area contributed by atoms with Crippen LogP contribution in [-0.2, 0) is 16.1 Å². The number of nitrogens with one attached hydrogen (secondary N) is 1. The number of carbonyl (C=O) groups excluding carboxylic acids is 2. The minimum Gasteiger partial charge on any atom is -0.496 e. The zero-order valence-electron chi connectivity index (χ0n) is 13.9. The summed E-state index contributed by atoms with van der Waals surface area (Å²) in [5.41, 5.74) is 0.914. The molecule has 1 rings (SSSR count). The maximum atomic E-state index is 12.2. The van der Waals surface area contributed by atoms with E-state index in [9.17, 15) is 9.59 Å². The molecule has 122 valence electrons. The molecular formula is C16H25N3O3. The largest absolute Gasteiger partial charge is 0.496 e. The maximum Gasteiger partial charge on any atom is 0.237 e. The summed E-state index contributed by atoms with van der Waals surface area (Å²) in [6, 6.07) is 7.15. The molecule has 0 spiro atoms. The van der Waals surface area contributed by atoms with Crippen LogP contribution in [0.4, 0.5) is 0 Å². The number of methoxy groups -OCH3 is 1. The van der Waals surface area contributed by atoms with E-state index >= 15 is 0 Å². The number of ether oxygens (including phenoxy) is 1. The van der Waals surface area contributed by atoms with E-state index in [0.29, 0.717) is 6.54 Å². The second-order valence-corrected chi connectivity index (χ2v) is 5.41. The first-order chi connectivity index (χ1) is 10.4. The minimum absolute atomic E-state index is 0.0353. The van der Waals surface area contributed by atoms with Crippen molar-refractivity contribution in [1.82, 2.24) is 15.1 Å². The second-order valence-electron chi connectivity index (χ2n) is 5.41. The highest BCUT2D eigenvalue weighted by molar-refractivity contribution is 5.83. The van der Waals surface area contributed by atoms with Crippen molar-refractivity contribution in [1.29, 1.82) is 0 Å². The number of para-hydroxylation sites is 1. The van der Waals surface area contributed by atoms with Crippen molar-refractivity contribution in [2.75, 3.05) is 34.8 Å². The molecule has 22 heavy (non-hydrogen) atoms. The van der Waals surface area contributed by atoms with Gasteiger partial charge >= 0.3 is 0 Å². The van der Waals surface area contributed by atoms with E-state index in [-0.39, 0.29) is 18.4 Å². The Bertz CT molecular complexity index is 517. The summed E-state index contributed by atoms with van der Waals surface area (Å²) >= 11 is 0. The van der Waals surface area contributed by atoms with Crippen LogP contribution >= 0.6 is 0 Å². The quantitative estimate of drug-likeness (QED) is 0.806. The summed E-state index contributed by atoms with van der Waals surface area (Å²) in [5.74, 6) is 0.582. The lowest BCUT2D eigenvalue weighted by Crippen LogP contribution is -2.46. The van der Waals surface area contributed by atoms with Gasteiger partial charge in [0.05, 0.1) is 19.7 Å². The van der Waals surface area contributed by atoms with Gasteiger partial charge in [0.1, 0.15) is 5.75 Å². The zero-order valence-corrected chi connectivity index (χ0v) is 13.9. The summed E-state index contributed by atoms with van der Waals surface area (Å²) in [5, 5.41) is 2.87. The SMILES string of the molecule is COc1ccccc1CNC(=O)C(C)N(C)CC(=O)N(C)C. The molecule has 0 aliphatic rings. The Balaban J connectivity index is 2.55. The van der Waals surface area contributed by atoms with Crippen molar-refractivity contribution in [2.24, 2.45) is 0 Å². The van der Waals surface area contributed by atoms with E-state index in [1.807, 2.05) is 24.3 Å². The maximum absolute atomic E-state index is 12.2. The van der Waals surface area contributed by atoms with Crippen LogP contribution in [0.2, 0.25) is 0 Å². The molecule has 0 radical (unpaired) electrons. The summed E-state index contributed by atoms with van der Waals surface area (Å²) in [4.78, 5) is 27.1. The van der Waals surface area contributed by atoms with Crippen molar-refractivity contribution in [2.45, 2.75) is 19.5 Å². The van der Waals surface area contributed by atoms with Crippen LogP contribution in [-0.4, -0.2) is 62.5 Å². The number of rotatable bonds is 7. The normalized spacial score (nSPS) is 11.9. The van der Waals surface area contributed by atoms with Crippen LogP contribution in [0.15, 0.2) is 24.3 Å². The summed E-state index contributed by atoms with van der Waals surface area (Å²) in [6.45, 7) is 2.37. The van der Waals surface area contributed by atoms with Crippen molar-refractivity contribution in [3.63, 3.8) is 0 Å². The molecule has 6 heteroatoms.